The largest absolute Gasteiger partial charge is 0.324 e. The molecule has 0 aliphatic carbocycles. The van der Waals surface area contributed by atoms with E-state index < -0.39 is 29.7 Å². The van der Waals surface area contributed by atoms with Crippen LogP contribution in [0.25, 0.3) is 0 Å². The monoisotopic (exact) mass is 426 g/mol. The van der Waals surface area contributed by atoms with Gasteiger partial charge in [0.15, 0.2) is 0 Å². The number of nitrogens with two attached hydrogens (primary N) is 1. The molecule has 29 heavy (non-hydrogen) atoms. The number of alkyl halides is 1. The van der Waals surface area contributed by atoms with E-state index in [0.717, 1.165) is 12.1 Å². The van der Waals surface area contributed by atoms with E-state index in [1.807, 2.05) is 5.43 Å². The summed E-state index contributed by atoms with van der Waals surface area (Å²) >= 11 is 5.83. The Kier molecular flexibility index (Phi) is 6.29. The lowest BCUT2D eigenvalue weighted by Crippen LogP contribution is -2.42. The maximum absolute atomic E-state index is 14.6. The Morgan fingerprint density at radius 2 is 1.97 bits per heavy atom. The molecule has 0 saturated carbocycles. The van der Waals surface area contributed by atoms with Crippen molar-refractivity contribution in [2.75, 3.05) is 18.0 Å². The summed E-state index contributed by atoms with van der Waals surface area (Å²) in [6.45, 7) is -0.101. The number of nitrogens with one attached hydrogen (secondary N) is 1. The number of hydrogen-bond donors (Lipinski definition) is 2. The molecular weight excluding hydrogens is 409 g/mol. The molecule has 0 radical (unpaired) electrons. The van der Waals surface area contributed by atoms with Crippen molar-refractivity contribution in [3.05, 3.63) is 64.2 Å². The maximum atomic E-state index is 14.6. The average Bonchev–Trinajstić information content (AvgIpc) is 3.14. The van der Waals surface area contributed by atoms with Crippen LogP contribution in [-0.2, 0) is 6.54 Å². The first-order chi connectivity index (χ1) is 13.8. The number of carbonyl (C=O) groups is 2. The minimum atomic E-state index is -1.14. The molecule has 1 saturated heterocycles. The molecule has 1 aliphatic rings. The fourth-order valence-electron chi connectivity index (χ4n) is 3.05. The molecule has 3 amide bonds. The van der Waals surface area contributed by atoms with E-state index in [1.165, 1.54) is 34.1 Å². The minimum Gasteiger partial charge on any atom is -0.321 e. The molecule has 0 aromatic heterocycles. The predicted octanol–water partition coefficient (Wildman–Crippen LogP) is 3.39. The average molecular weight is 427 g/mol. The zero-order valence-electron chi connectivity index (χ0n) is 15.2. The number of urea groups is 1. The summed E-state index contributed by atoms with van der Waals surface area (Å²) in [5.74, 6) is 2.97. The molecule has 1 atom stereocenters. The molecule has 2 aromatic carbocycles. The van der Waals surface area contributed by atoms with Crippen LogP contribution in [-0.4, -0.2) is 36.1 Å². The second-order valence-corrected chi connectivity index (χ2v) is 6.99. The molecule has 1 unspecified atom stereocenters. The van der Waals surface area contributed by atoms with Gasteiger partial charge in [-0.3, -0.25) is 15.1 Å². The highest BCUT2D eigenvalue weighted by atomic mass is 35.5. The lowest BCUT2D eigenvalue weighted by Gasteiger charge is -2.28. The third-order valence-electron chi connectivity index (χ3n) is 4.62. The molecule has 3 rings (SSSR count). The molecule has 2 aromatic rings. The van der Waals surface area contributed by atoms with E-state index in [0.29, 0.717) is 0 Å². The minimum absolute atomic E-state index is 0.0104. The second kappa shape index (κ2) is 8.71. The van der Waals surface area contributed by atoms with Gasteiger partial charge in [0.05, 0.1) is 18.1 Å². The normalized spacial score (nSPS) is 16.0. The van der Waals surface area contributed by atoms with Crippen molar-refractivity contribution in [1.82, 2.24) is 10.3 Å². The molecule has 6 nitrogen and oxygen atoms in total. The quantitative estimate of drug-likeness (QED) is 0.447. The highest BCUT2D eigenvalue weighted by Gasteiger charge is 2.30. The smallest absolute Gasteiger partial charge is 0.321 e. The number of benzene rings is 2. The fraction of sp³-hybridized carbons (Fsp3) is 0.263. The summed E-state index contributed by atoms with van der Waals surface area (Å²) < 4.78 is 41.7. The number of carbonyl (C=O) groups excluding carboxylic acids is 2. The van der Waals surface area contributed by atoms with Crippen LogP contribution >= 0.6 is 11.6 Å². The molecular formula is C19H18ClF3N4O2. The lowest BCUT2D eigenvalue weighted by molar-refractivity contribution is 0.0953. The van der Waals surface area contributed by atoms with Gasteiger partial charge >= 0.3 is 6.03 Å². The Labute approximate surface area is 170 Å². The highest BCUT2D eigenvalue weighted by molar-refractivity contribution is 6.31. The second-order valence-electron chi connectivity index (χ2n) is 6.58. The van der Waals surface area contributed by atoms with Gasteiger partial charge in [0, 0.05) is 23.4 Å². The van der Waals surface area contributed by atoms with E-state index >= 15 is 0 Å². The summed E-state index contributed by atoms with van der Waals surface area (Å²) in [6.07, 6.45) is -0.926. The molecule has 1 fully saturated rings. The lowest BCUT2D eigenvalue weighted by atomic mass is 10.1. The number of amides is 3. The number of hydrazine groups is 1. The first-order valence-corrected chi connectivity index (χ1v) is 9.13. The Morgan fingerprint density at radius 3 is 2.55 bits per heavy atom. The molecule has 10 heteroatoms. The Morgan fingerprint density at radius 1 is 1.21 bits per heavy atom. The van der Waals surface area contributed by atoms with Crippen molar-refractivity contribution in [1.29, 1.82) is 0 Å². The number of likely N-dealkylation sites (tertiary alicyclic amines) is 1. The summed E-state index contributed by atoms with van der Waals surface area (Å²) in [7, 11) is 0. The third kappa shape index (κ3) is 4.63. The molecule has 1 heterocycles. The van der Waals surface area contributed by atoms with E-state index in [-0.39, 0.29) is 47.9 Å². The first kappa shape index (κ1) is 20.9. The van der Waals surface area contributed by atoms with Gasteiger partial charge in [0.2, 0.25) is 0 Å². The number of rotatable bonds is 4. The Bertz CT molecular complexity index is 944. The van der Waals surface area contributed by atoms with Crippen molar-refractivity contribution in [3.63, 3.8) is 0 Å². The third-order valence-corrected chi connectivity index (χ3v) is 4.91. The molecule has 1 aliphatic heterocycles. The maximum Gasteiger partial charge on any atom is 0.324 e. The van der Waals surface area contributed by atoms with E-state index in [4.69, 9.17) is 17.4 Å². The van der Waals surface area contributed by atoms with Crippen LogP contribution in [0.4, 0.5) is 23.7 Å². The van der Waals surface area contributed by atoms with Gasteiger partial charge in [-0.15, -0.1) is 0 Å². The van der Waals surface area contributed by atoms with Crippen LogP contribution in [0.3, 0.4) is 0 Å². The van der Waals surface area contributed by atoms with Crippen molar-refractivity contribution in [2.24, 2.45) is 5.84 Å². The van der Waals surface area contributed by atoms with Gasteiger partial charge in [-0.2, -0.15) is 0 Å². The zero-order chi connectivity index (χ0) is 21.1. The van der Waals surface area contributed by atoms with Crippen LogP contribution in [0.5, 0.6) is 0 Å². The molecule has 0 spiro atoms. The molecule has 3 N–H and O–H groups in total. The SMILES string of the molecule is NNC(=O)c1ccc(CN(C(=O)N2CCC(F)C2)c2ccc(F)c(Cl)c2)c(F)c1. The van der Waals surface area contributed by atoms with Crippen LogP contribution in [0.15, 0.2) is 36.4 Å². The number of anilines is 1. The summed E-state index contributed by atoms with van der Waals surface area (Å²) in [5, 5.41) is -0.208. The van der Waals surface area contributed by atoms with Gasteiger partial charge < -0.3 is 4.90 Å². The van der Waals surface area contributed by atoms with Crippen molar-refractivity contribution >= 4 is 29.2 Å². The topological polar surface area (TPSA) is 78.7 Å². The molecule has 154 valence electrons. The number of halogens is 4. The zero-order valence-corrected chi connectivity index (χ0v) is 15.9. The van der Waals surface area contributed by atoms with E-state index in [2.05, 4.69) is 0 Å². The van der Waals surface area contributed by atoms with Gasteiger partial charge in [-0.25, -0.2) is 23.8 Å². The van der Waals surface area contributed by atoms with Crippen molar-refractivity contribution in [2.45, 2.75) is 19.1 Å². The van der Waals surface area contributed by atoms with Gasteiger partial charge in [0.25, 0.3) is 5.91 Å². The van der Waals surface area contributed by atoms with Crippen LogP contribution in [0.2, 0.25) is 5.02 Å². The number of hydrogen-bond acceptors (Lipinski definition) is 3. The Balaban J connectivity index is 1.93. The van der Waals surface area contributed by atoms with Gasteiger partial charge in [-0.05, 0) is 36.8 Å². The van der Waals surface area contributed by atoms with Crippen LogP contribution < -0.4 is 16.2 Å². The fourth-order valence-corrected chi connectivity index (χ4v) is 3.23. The van der Waals surface area contributed by atoms with Gasteiger partial charge in [0.1, 0.15) is 17.8 Å². The summed E-state index contributed by atoms with van der Waals surface area (Å²) in [4.78, 5) is 27.0. The van der Waals surface area contributed by atoms with Crippen LogP contribution in [0.1, 0.15) is 22.3 Å². The number of nitrogens with zero attached hydrogens (tertiary/aromatic N) is 2. The van der Waals surface area contributed by atoms with E-state index in [9.17, 15) is 22.8 Å². The van der Waals surface area contributed by atoms with Crippen molar-refractivity contribution in [3.8, 4) is 0 Å². The predicted molar refractivity (Wildman–Crippen MR) is 102 cm³/mol. The highest BCUT2D eigenvalue weighted by Crippen LogP contribution is 2.27. The first-order valence-electron chi connectivity index (χ1n) is 8.75. The van der Waals surface area contributed by atoms with E-state index in [1.54, 1.807) is 0 Å². The summed E-state index contributed by atoms with van der Waals surface area (Å²) in [5.41, 5.74) is 2.24. The Hall–Kier alpha value is -2.78. The van der Waals surface area contributed by atoms with Crippen LogP contribution in [0, 0.1) is 11.6 Å². The molecule has 0 bridgehead atoms. The van der Waals surface area contributed by atoms with Crippen molar-refractivity contribution < 1.29 is 22.8 Å². The summed E-state index contributed by atoms with van der Waals surface area (Å²) in [6, 6.07) is 6.79. The van der Waals surface area contributed by atoms with Gasteiger partial charge in [-0.1, -0.05) is 17.7 Å². The standard InChI is InChI=1S/C19H18ClF3N4O2/c20-15-8-14(3-4-16(15)22)27(19(29)26-6-5-13(21)10-26)9-12-2-1-11(7-17(12)23)18(28)25-24/h1-4,7-8,13H,5-6,9-10,24H2,(H,25,28). The number of nitrogen functional groups attached to an aromatic ring is 1.